The van der Waals surface area contributed by atoms with Gasteiger partial charge in [0.15, 0.2) is 0 Å². The van der Waals surface area contributed by atoms with Crippen LogP contribution < -0.4 is 0 Å². The summed E-state index contributed by atoms with van der Waals surface area (Å²) >= 11 is 0. The summed E-state index contributed by atoms with van der Waals surface area (Å²) in [4.78, 5) is 0. The van der Waals surface area contributed by atoms with Crippen LogP contribution in [0.4, 0.5) is 0 Å². The standard InChI is InChI=1S/C13H30O2Si2/c1-9(10(2)14)12(16(3,4)5)11-13(15-11)17(6,7)8/h9-14H,1-8H3/t9-,10+,11-,12-,13-/m0/s1. The Morgan fingerprint density at radius 1 is 1.00 bits per heavy atom. The first-order valence-corrected chi connectivity index (χ1v) is 13.9. The van der Waals surface area contributed by atoms with Crippen molar-refractivity contribution < 1.29 is 9.84 Å². The van der Waals surface area contributed by atoms with E-state index in [2.05, 4.69) is 46.2 Å². The third-order valence-corrected chi connectivity index (χ3v) is 9.09. The number of aliphatic hydroxyl groups is 1. The molecule has 0 radical (unpaired) electrons. The maximum absolute atomic E-state index is 9.90. The molecule has 17 heavy (non-hydrogen) atoms. The molecule has 0 saturated carbocycles. The fraction of sp³-hybridized carbons (Fsp3) is 1.00. The van der Waals surface area contributed by atoms with Gasteiger partial charge in [-0.1, -0.05) is 46.2 Å². The second kappa shape index (κ2) is 4.80. The highest BCUT2D eigenvalue weighted by atomic mass is 28.3. The van der Waals surface area contributed by atoms with E-state index in [0.29, 0.717) is 23.3 Å². The van der Waals surface area contributed by atoms with Crippen molar-refractivity contribution in [3.8, 4) is 0 Å². The van der Waals surface area contributed by atoms with Gasteiger partial charge in [-0.2, -0.15) is 0 Å². The van der Waals surface area contributed by atoms with Gasteiger partial charge in [0, 0.05) is 0 Å². The second-order valence-electron chi connectivity index (χ2n) is 7.88. The van der Waals surface area contributed by atoms with E-state index in [0.717, 1.165) is 0 Å². The normalized spacial score (nSPS) is 30.9. The van der Waals surface area contributed by atoms with Crippen molar-refractivity contribution in [2.45, 2.75) is 76.6 Å². The number of hydrogen-bond donors (Lipinski definition) is 1. The summed E-state index contributed by atoms with van der Waals surface area (Å²) < 4.78 is 6.03. The van der Waals surface area contributed by atoms with Gasteiger partial charge in [0.05, 0.1) is 34.1 Å². The quantitative estimate of drug-likeness (QED) is 0.616. The van der Waals surface area contributed by atoms with Gasteiger partial charge < -0.3 is 9.84 Å². The molecular formula is C13H30O2Si2. The molecule has 1 aliphatic rings. The zero-order chi connectivity index (χ0) is 13.6. The Labute approximate surface area is 109 Å². The van der Waals surface area contributed by atoms with Crippen molar-refractivity contribution in [1.29, 1.82) is 0 Å². The lowest BCUT2D eigenvalue weighted by Crippen LogP contribution is -2.42. The Hall–Kier alpha value is 0.354. The van der Waals surface area contributed by atoms with E-state index in [1.165, 1.54) is 0 Å². The first-order chi connectivity index (χ1) is 7.46. The molecule has 1 fully saturated rings. The molecule has 0 amide bonds. The molecule has 102 valence electrons. The highest BCUT2D eigenvalue weighted by molar-refractivity contribution is 6.80. The summed E-state index contributed by atoms with van der Waals surface area (Å²) in [6.07, 6.45) is 0.205. The highest BCUT2D eigenvalue weighted by Gasteiger charge is 2.56. The lowest BCUT2D eigenvalue weighted by atomic mass is 9.99. The Morgan fingerprint density at radius 3 is 1.71 bits per heavy atom. The first kappa shape index (κ1) is 15.4. The molecular weight excluding hydrogens is 244 g/mol. The molecule has 1 heterocycles. The predicted molar refractivity (Wildman–Crippen MR) is 79.9 cm³/mol. The molecule has 5 atom stereocenters. The Bertz CT molecular complexity index is 266. The van der Waals surface area contributed by atoms with Gasteiger partial charge in [0.25, 0.3) is 0 Å². The average Bonchev–Trinajstić information content (AvgIpc) is 2.80. The van der Waals surface area contributed by atoms with Crippen LogP contribution in [0, 0.1) is 5.92 Å². The number of hydrogen-bond acceptors (Lipinski definition) is 2. The van der Waals surface area contributed by atoms with E-state index < -0.39 is 16.1 Å². The topological polar surface area (TPSA) is 32.8 Å². The van der Waals surface area contributed by atoms with E-state index in [9.17, 15) is 5.11 Å². The Kier molecular flexibility index (Phi) is 4.35. The largest absolute Gasteiger partial charge is 0.393 e. The van der Waals surface area contributed by atoms with E-state index in [-0.39, 0.29) is 6.10 Å². The smallest absolute Gasteiger partial charge is 0.0819 e. The average molecular weight is 275 g/mol. The van der Waals surface area contributed by atoms with Gasteiger partial charge in [-0.25, -0.2) is 0 Å². The fourth-order valence-corrected chi connectivity index (χ4v) is 8.02. The van der Waals surface area contributed by atoms with Crippen molar-refractivity contribution in [3.05, 3.63) is 0 Å². The van der Waals surface area contributed by atoms with Gasteiger partial charge >= 0.3 is 0 Å². The minimum atomic E-state index is -1.30. The highest BCUT2D eigenvalue weighted by Crippen LogP contribution is 2.48. The predicted octanol–water partition coefficient (Wildman–Crippen LogP) is 3.36. The van der Waals surface area contributed by atoms with Gasteiger partial charge in [-0.15, -0.1) is 0 Å². The van der Waals surface area contributed by atoms with Crippen LogP contribution in [0.15, 0.2) is 0 Å². The van der Waals surface area contributed by atoms with E-state index in [1.807, 2.05) is 6.92 Å². The molecule has 0 aromatic heterocycles. The van der Waals surface area contributed by atoms with Crippen LogP contribution in [0.3, 0.4) is 0 Å². The van der Waals surface area contributed by atoms with Crippen LogP contribution in [0.25, 0.3) is 0 Å². The Balaban J connectivity index is 2.82. The van der Waals surface area contributed by atoms with Gasteiger partial charge in [-0.05, 0) is 18.4 Å². The van der Waals surface area contributed by atoms with Crippen LogP contribution in [-0.4, -0.2) is 39.2 Å². The fourth-order valence-electron chi connectivity index (χ4n) is 2.97. The minimum absolute atomic E-state index is 0.224. The van der Waals surface area contributed by atoms with Crippen LogP contribution in [0.1, 0.15) is 13.8 Å². The molecule has 1 rings (SSSR count). The van der Waals surface area contributed by atoms with Crippen molar-refractivity contribution in [2.24, 2.45) is 5.92 Å². The minimum Gasteiger partial charge on any atom is -0.393 e. The third kappa shape index (κ3) is 3.66. The van der Waals surface area contributed by atoms with E-state index in [4.69, 9.17) is 4.74 Å². The number of epoxide rings is 1. The molecule has 0 spiro atoms. The zero-order valence-electron chi connectivity index (χ0n) is 12.7. The maximum Gasteiger partial charge on any atom is 0.0819 e. The molecule has 0 aromatic carbocycles. The molecule has 4 heteroatoms. The summed E-state index contributed by atoms with van der Waals surface area (Å²) in [6, 6.07) is 0. The Morgan fingerprint density at radius 2 is 1.47 bits per heavy atom. The zero-order valence-corrected chi connectivity index (χ0v) is 14.7. The first-order valence-electron chi connectivity index (χ1n) is 6.79. The number of ether oxygens (including phenoxy) is 1. The molecule has 1 aliphatic heterocycles. The van der Waals surface area contributed by atoms with E-state index in [1.54, 1.807) is 0 Å². The van der Waals surface area contributed by atoms with Crippen molar-refractivity contribution >= 4 is 16.1 Å². The molecule has 1 N–H and O–H groups in total. The van der Waals surface area contributed by atoms with Gasteiger partial charge in [0.1, 0.15) is 0 Å². The molecule has 0 aromatic rings. The third-order valence-electron chi connectivity index (χ3n) is 4.06. The maximum atomic E-state index is 9.90. The molecule has 0 unspecified atom stereocenters. The summed E-state index contributed by atoms with van der Waals surface area (Å²) in [7, 11) is -2.49. The summed E-state index contributed by atoms with van der Waals surface area (Å²) in [5, 5.41) is 9.90. The van der Waals surface area contributed by atoms with E-state index >= 15 is 0 Å². The lowest BCUT2D eigenvalue weighted by Gasteiger charge is -2.35. The number of rotatable bonds is 5. The van der Waals surface area contributed by atoms with Crippen LogP contribution in [0.2, 0.25) is 44.8 Å². The van der Waals surface area contributed by atoms with Crippen molar-refractivity contribution in [2.75, 3.05) is 0 Å². The molecule has 2 nitrogen and oxygen atoms in total. The lowest BCUT2D eigenvalue weighted by molar-refractivity contribution is 0.122. The van der Waals surface area contributed by atoms with Crippen LogP contribution in [-0.2, 0) is 4.74 Å². The van der Waals surface area contributed by atoms with Crippen molar-refractivity contribution in [3.63, 3.8) is 0 Å². The monoisotopic (exact) mass is 274 g/mol. The van der Waals surface area contributed by atoms with Crippen LogP contribution >= 0.6 is 0 Å². The van der Waals surface area contributed by atoms with Gasteiger partial charge in [-0.3, -0.25) is 0 Å². The number of aliphatic hydroxyl groups excluding tert-OH is 1. The van der Waals surface area contributed by atoms with Crippen molar-refractivity contribution in [1.82, 2.24) is 0 Å². The summed E-state index contributed by atoms with van der Waals surface area (Å²) in [5.74, 6) is 0.355. The molecule has 1 saturated heterocycles. The summed E-state index contributed by atoms with van der Waals surface area (Å²) in [6.45, 7) is 18.5. The SMILES string of the molecule is C[C@H]([C@@H]([C@@H]1O[C@H]1[Si](C)(C)C)[Si](C)(C)C)[C@@H](C)O. The van der Waals surface area contributed by atoms with Crippen LogP contribution in [0.5, 0.6) is 0 Å². The summed E-state index contributed by atoms with van der Waals surface area (Å²) in [5.41, 5.74) is 1.10. The second-order valence-corrected chi connectivity index (χ2v) is 18.6. The molecule has 0 aliphatic carbocycles. The molecule has 0 bridgehead atoms. The van der Waals surface area contributed by atoms with Gasteiger partial charge in [0.2, 0.25) is 0 Å².